The molecule has 1 N–H and O–H groups in total. The maximum atomic E-state index is 10.8. The highest BCUT2D eigenvalue weighted by molar-refractivity contribution is 6.12. The average Bonchev–Trinajstić information content (AvgIpc) is 3.22. The van der Waals surface area contributed by atoms with Crippen molar-refractivity contribution in [3.63, 3.8) is 0 Å². The molecule has 0 spiro atoms. The lowest BCUT2D eigenvalue weighted by Gasteiger charge is -2.41. The van der Waals surface area contributed by atoms with Crippen LogP contribution < -0.4 is 0 Å². The molecule has 0 bridgehead atoms. The molecule has 2 heterocycles. The Morgan fingerprint density at radius 1 is 0.600 bits per heavy atom. The first kappa shape index (κ1) is 20.1. The Morgan fingerprint density at radius 2 is 1.23 bits per heavy atom. The molecule has 1 aliphatic heterocycles. The fourth-order valence-corrected chi connectivity index (χ4v) is 6.13. The zero-order valence-electron chi connectivity index (χ0n) is 19.8. The van der Waals surface area contributed by atoms with Crippen molar-refractivity contribution in [1.29, 1.82) is 0 Å². The van der Waals surface area contributed by atoms with Gasteiger partial charge in [-0.15, -0.1) is 0 Å². The molecule has 35 heavy (non-hydrogen) atoms. The molecule has 6 aromatic rings. The molecule has 0 unspecified atom stereocenters. The second kappa shape index (κ2) is 7.10. The van der Waals surface area contributed by atoms with Gasteiger partial charge in [-0.25, -0.2) is 0 Å². The van der Waals surface area contributed by atoms with Crippen LogP contribution in [0.15, 0.2) is 109 Å². The fraction of sp³-hybridized carbons (Fsp3) is 0.0909. The molecule has 2 nitrogen and oxygen atoms in total. The third kappa shape index (κ3) is 2.60. The molecule has 0 saturated heterocycles. The molecule has 2 heteroatoms. The van der Waals surface area contributed by atoms with Crippen LogP contribution in [0.4, 0.5) is 0 Å². The van der Waals surface area contributed by atoms with E-state index in [1.165, 1.54) is 49.6 Å². The van der Waals surface area contributed by atoms with Gasteiger partial charge in [0.25, 0.3) is 0 Å². The van der Waals surface area contributed by atoms with Crippen LogP contribution in [-0.4, -0.2) is 9.67 Å². The van der Waals surface area contributed by atoms with Gasteiger partial charge in [-0.3, -0.25) is 0 Å². The Labute approximate surface area is 204 Å². The van der Waals surface area contributed by atoms with Crippen LogP contribution in [0.3, 0.4) is 0 Å². The number of phenols is 1. The number of rotatable bonds is 2. The van der Waals surface area contributed by atoms with Gasteiger partial charge >= 0.3 is 0 Å². The van der Waals surface area contributed by atoms with Crippen molar-refractivity contribution in [1.82, 2.24) is 4.57 Å². The van der Waals surface area contributed by atoms with Crippen LogP contribution in [0.1, 0.15) is 33.4 Å². The van der Waals surface area contributed by atoms with Crippen molar-refractivity contribution < 1.29 is 5.11 Å². The zero-order valence-corrected chi connectivity index (χ0v) is 19.8. The van der Waals surface area contributed by atoms with E-state index >= 15 is 0 Å². The Hall–Kier alpha value is -4.30. The maximum absolute atomic E-state index is 10.8. The average molecular weight is 452 g/mol. The Morgan fingerprint density at radius 3 is 1.91 bits per heavy atom. The fourth-order valence-electron chi connectivity index (χ4n) is 6.13. The quantitative estimate of drug-likeness (QED) is 0.285. The van der Waals surface area contributed by atoms with E-state index in [4.69, 9.17) is 0 Å². The molecule has 0 atom stereocenters. The molecular formula is C33H25NO. The van der Waals surface area contributed by atoms with Crippen LogP contribution in [-0.2, 0) is 5.41 Å². The lowest BCUT2D eigenvalue weighted by Crippen LogP contribution is -2.35. The van der Waals surface area contributed by atoms with Crippen LogP contribution in [0.25, 0.3) is 27.5 Å². The molecule has 0 radical (unpaired) electrons. The normalized spacial score (nSPS) is 13.8. The van der Waals surface area contributed by atoms with Crippen LogP contribution in [0.2, 0.25) is 0 Å². The topological polar surface area (TPSA) is 25.2 Å². The van der Waals surface area contributed by atoms with Crippen molar-refractivity contribution in [3.05, 3.63) is 143 Å². The number of hydrogen-bond donors (Lipinski definition) is 1. The molecule has 5 aromatic carbocycles. The van der Waals surface area contributed by atoms with Gasteiger partial charge < -0.3 is 9.67 Å². The van der Waals surface area contributed by atoms with Gasteiger partial charge in [0.05, 0.1) is 22.1 Å². The smallest absolute Gasteiger partial charge is 0.116 e. The first-order valence-electron chi connectivity index (χ1n) is 12.1. The number of para-hydroxylation sites is 2. The van der Waals surface area contributed by atoms with E-state index in [2.05, 4.69) is 115 Å². The Balaban J connectivity index is 1.77. The lowest BCUT2D eigenvalue weighted by molar-refractivity contribution is 0.473. The SMILES string of the molecule is Cc1ccc(C2(c3ccc(C)cc3)c3cc(O)ccc3-n3c4ccccc4c4cccc2c43)cc1. The number of fused-ring (bicyclic) bond motifs is 5. The molecular weight excluding hydrogens is 426 g/mol. The molecule has 0 saturated carbocycles. The summed E-state index contributed by atoms with van der Waals surface area (Å²) >= 11 is 0. The Bertz CT molecular complexity index is 1710. The largest absolute Gasteiger partial charge is 0.508 e. The molecule has 168 valence electrons. The third-order valence-electron chi connectivity index (χ3n) is 7.69. The van der Waals surface area contributed by atoms with Crippen molar-refractivity contribution >= 4 is 21.8 Å². The lowest BCUT2D eigenvalue weighted by atomic mass is 9.63. The minimum absolute atomic E-state index is 0.277. The van der Waals surface area contributed by atoms with Gasteiger partial charge in [-0.2, -0.15) is 0 Å². The standard InChI is InChI=1S/C33H25NO/c1-21-10-14-23(15-11-21)33(24-16-12-22(2)13-17-24)28-8-5-7-27-26-6-3-4-9-30(26)34(32(27)28)31-19-18-25(35)20-29(31)33/h3-20,35H,1-2H3. The van der Waals surface area contributed by atoms with E-state index in [-0.39, 0.29) is 5.75 Å². The summed E-state index contributed by atoms with van der Waals surface area (Å²) in [6.45, 7) is 4.25. The minimum atomic E-state index is -0.570. The second-order valence-corrected chi connectivity index (χ2v) is 9.74. The van der Waals surface area contributed by atoms with E-state index in [1.807, 2.05) is 12.1 Å². The number of aromatic hydroxyl groups is 1. The van der Waals surface area contributed by atoms with Crippen molar-refractivity contribution in [2.75, 3.05) is 0 Å². The van der Waals surface area contributed by atoms with E-state index < -0.39 is 5.41 Å². The number of nitrogens with zero attached hydrogens (tertiary/aromatic N) is 1. The van der Waals surface area contributed by atoms with Crippen molar-refractivity contribution in [2.24, 2.45) is 0 Å². The summed E-state index contributed by atoms with van der Waals surface area (Å²) < 4.78 is 2.38. The number of benzene rings is 5. The van der Waals surface area contributed by atoms with E-state index in [0.717, 1.165) is 11.3 Å². The first-order chi connectivity index (χ1) is 17.1. The number of hydrogen-bond acceptors (Lipinski definition) is 1. The molecule has 7 rings (SSSR count). The van der Waals surface area contributed by atoms with Crippen LogP contribution in [0, 0.1) is 13.8 Å². The first-order valence-corrected chi connectivity index (χ1v) is 12.1. The minimum Gasteiger partial charge on any atom is -0.508 e. The highest BCUT2D eigenvalue weighted by Gasteiger charge is 2.45. The number of aryl methyl sites for hydroxylation is 2. The number of phenolic OH excluding ortho intramolecular Hbond substituents is 1. The molecule has 0 amide bonds. The summed E-state index contributed by atoms with van der Waals surface area (Å²) in [4.78, 5) is 0. The van der Waals surface area contributed by atoms with Gasteiger partial charge in [0, 0.05) is 10.8 Å². The summed E-state index contributed by atoms with van der Waals surface area (Å²) in [6.07, 6.45) is 0. The highest BCUT2D eigenvalue weighted by Crippen LogP contribution is 2.54. The second-order valence-electron chi connectivity index (χ2n) is 9.74. The van der Waals surface area contributed by atoms with Gasteiger partial charge in [0.2, 0.25) is 0 Å². The van der Waals surface area contributed by atoms with Gasteiger partial charge in [-0.1, -0.05) is 96.1 Å². The summed E-state index contributed by atoms with van der Waals surface area (Å²) in [5.41, 5.74) is 10.1. The Kier molecular flexibility index (Phi) is 4.08. The molecule has 1 aromatic heterocycles. The van der Waals surface area contributed by atoms with Crippen molar-refractivity contribution in [2.45, 2.75) is 19.3 Å². The van der Waals surface area contributed by atoms with Gasteiger partial charge in [-0.05, 0) is 60.4 Å². The molecule has 0 aliphatic carbocycles. The van der Waals surface area contributed by atoms with E-state index in [1.54, 1.807) is 0 Å². The van der Waals surface area contributed by atoms with E-state index in [0.29, 0.717) is 0 Å². The third-order valence-corrected chi connectivity index (χ3v) is 7.69. The van der Waals surface area contributed by atoms with Gasteiger partial charge in [0.15, 0.2) is 0 Å². The zero-order chi connectivity index (χ0) is 23.7. The van der Waals surface area contributed by atoms with E-state index in [9.17, 15) is 5.11 Å². The number of aromatic nitrogens is 1. The maximum Gasteiger partial charge on any atom is 0.116 e. The summed E-state index contributed by atoms with van der Waals surface area (Å²) in [5, 5.41) is 13.3. The summed E-state index contributed by atoms with van der Waals surface area (Å²) in [6, 6.07) is 38.9. The summed E-state index contributed by atoms with van der Waals surface area (Å²) in [5.74, 6) is 0.277. The van der Waals surface area contributed by atoms with Crippen molar-refractivity contribution in [3.8, 4) is 11.4 Å². The predicted molar refractivity (Wildman–Crippen MR) is 144 cm³/mol. The van der Waals surface area contributed by atoms with Crippen LogP contribution in [0.5, 0.6) is 5.75 Å². The van der Waals surface area contributed by atoms with Gasteiger partial charge in [0.1, 0.15) is 5.75 Å². The molecule has 1 aliphatic rings. The molecule has 0 fully saturated rings. The highest BCUT2D eigenvalue weighted by atomic mass is 16.3. The van der Waals surface area contributed by atoms with Crippen LogP contribution >= 0.6 is 0 Å². The predicted octanol–water partition coefficient (Wildman–Crippen LogP) is 7.80. The monoisotopic (exact) mass is 451 g/mol. The summed E-state index contributed by atoms with van der Waals surface area (Å²) in [7, 11) is 0.